The minimum absolute atomic E-state index is 0.298. The molecular weight excluding hydrogens is 317 g/mol. The summed E-state index contributed by atoms with van der Waals surface area (Å²) in [5.74, 6) is -5.00. The molecule has 0 saturated carbocycles. The molecule has 1 amide bonds. The van der Waals surface area contributed by atoms with Crippen LogP contribution in [0.2, 0.25) is 0 Å². The number of hydrogen-bond acceptors (Lipinski definition) is 1. The van der Waals surface area contributed by atoms with Gasteiger partial charge in [-0.25, -0.2) is 13.2 Å². The van der Waals surface area contributed by atoms with Crippen LogP contribution in [0.4, 0.5) is 13.2 Å². The lowest BCUT2D eigenvalue weighted by Crippen LogP contribution is -2.38. The lowest BCUT2D eigenvalue weighted by molar-refractivity contribution is 0.0706. The molecule has 4 rings (SSSR count). The Labute approximate surface area is 135 Å². The molecule has 0 N–H and O–H groups in total. The summed E-state index contributed by atoms with van der Waals surface area (Å²) in [5.41, 5.74) is 1.57. The largest absolute Gasteiger partial charge is 0.341 e. The Balaban J connectivity index is 1.67. The van der Waals surface area contributed by atoms with Crippen LogP contribution in [0.15, 0.2) is 42.5 Å². The van der Waals surface area contributed by atoms with Gasteiger partial charge in [0.05, 0.1) is 12.1 Å². The van der Waals surface area contributed by atoms with E-state index in [1.54, 1.807) is 0 Å². The number of aromatic nitrogens is 1. The molecule has 6 heteroatoms. The predicted molar refractivity (Wildman–Crippen MR) is 83.0 cm³/mol. The molecule has 0 radical (unpaired) electrons. The summed E-state index contributed by atoms with van der Waals surface area (Å²) >= 11 is 0. The van der Waals surface area contributed by atoms with Crippen molar-refractivity contribution in [3.8, 4) is 0 Å². The van der Waals surface area contributed by atoms with Crippen molar-refractivity contribution in [3.05, 3.63) is 71.2 Å². The third kappa shape index (κ3) is 2.18. The highest BCUT2D eigenvalue weighted by atomic mass is 19.2. The van der Waals surface area contributed by atoms with Crippen molar-refractivity contribution in [1.82, 2.24) is 9.47 Å². The van der Waals surface area contributed by atoms with Crippen molar-refractivity contribution in [1.29, 1.82) is 0 Å². The molecule has 3 aromatic rings. The average Bonchev–Trinajstić information content (AvgIpc) is 2.97. The Morgan fingerprint density at radius 3 is 2.58 bits per heavy atom. The lowest BCUT2D eigenvalue weighted by atomic mass is 10.1. The van der Waals surface area contributed by atoms with Gasteiger partial charge in [-0.1, -0.05) is 18.2 Å². The van der Waals surface area contributed by atoms with Crippen molar-refractivity contribution in [2.75, 3.05) is 6.54 Å². The van der Waals surface area contributed by atoms with Crippen LogP contribution in [-0.2, 0) is 13.1 Å². The zero-order chi connectivity index (χ0) is 16.8. The highest BCUT2D eigenvalue weighted by Crippen LogP contribution is 2.25. The normalized spacial score (nSPS) is 14.0. The van der Waals surface area contributed by atoms with E-state index in [1.807, 2.05) is 30.3 Å². The molecule has 2 heterocycles. The van der Waals surface area contributed by atoms with Gasteiger partial charge in [0.15, 0.2) is 17.5 Å². The summed E-state index contributed by atoms with van der Waals surface area (Å²) in [6.07, 6.45) is 0. The Morgan fingerprint density at radius 2 is 1.75 bits per heavy atom. The zero-order valence-electron chi connectivity index (χ0n) is 12.6. The Kier molecular flexibility index (Phi) is 3.33. The smallest absolute Gasteiger partial charge is 0.257 e. The standard InChI is InChI=1S/C18H13F3N2O/c19-14-6-5-13(16(20)17(14)21)18(24)22-7-8-23-12(10-22)9-11-3-1-2-4-15(11)23/h1-6,9H,7-8,10H2. The molecule has 0 fully saturated rings. The van der Waals surface area contributed by atoms with Crippen molar-refractivity contribution < 1.29 is 18.0 Å². The quantitative estimate of drug-likeness (QED) is 0.624. The summed E-state index contributed by atoms with van der Waals surface area (Å²) in [5, 5.41) is 1.07. The van der Waals surface area contributed by atoms with Gasteiger partial charge in [-0.3, -0.25) is 4.79 Å². The number of carbonyl (C=O) groups is 1. The third-order valence-electron chi connectivity index (χ3n) is 4.40. The molecule has 1 aliphatic heterocycles. The number of amides is 1. The Morgan fingerprint density at radius 1 is 0.958 bits per heavy atom. The highest BCUT2D eigenvalue weighted by Gasteiger charge is 2.27. The summed E-state index contributed by atoms with van der Waals surface area (Å²) in [7, 11) is 0. The minimum Gasteiger partial charge on any atom is -0.341 e. The first-order valence-corrected chi connectivity index (χ1v) is 7.56. The van der Waals surface area contributed by atoms with Crippen molar-refractivity contribution in [3.63, 3.8) is 0 Å². The molecule has 3 nitrogen and oxygen atoms in total. The molecule has 1 aliphatic rings. The number of nitrogens with zero attached hydrogens (tertiary/aromatic N) is 2. The molecule has 0 unspecified atom stereocenters. The molecule has 24 heavy (non-hydrogen) atoms. The van der Waals surface area contributed by atoms with Crippen LogP contribution in [0.3, 0.4) is 0 Å². The van der Waals surface area contributed by atoms with Gasteiger partial charge in [-0.15, -0.1) is 0 Å². The van der Waals surface area contributed by atoms with Gasteiger partial charge in [0.25, 0.3) is 5.91 Å². The fourth-order valence-corrected chi connectivity index (χ4v) is 3.19. The van der Waals surface area contributed by atoms with Crippen LogP contribution in [-0.4, -0.2) is 21.9 Å². The topological polar surface area (TPSA) is 25.2 Å². The van der Waals surface area contributed by atoms with Gasteiger partial charge < -0.3 is 9.47 Å². The molecule has 122 valence electrons. The van der Waals surface area contributed by atoms with Gasteiger partial charge >= 0.3 is 0 Å². The molecule has 0 atom stereocenters. The number of hydrogen-bond donors (Lipinski definition) is 0. The van der Waals surface area contributed by atoms with Crippen LogP contribution in [0.1, 0.15) is 16.1 Å². The van der Waals surface area contributed by atoms with Crippen LogP contribution >= 0.6 is 0 Å². The number of fused-ring (bicyclic) bond motifs is 3. The van der Waals surface area contributed by atoms with E-state index in [4.69, 9.17) is 0 Å². The van der Waals surface area contributed by atoms with Gasteiger partial charge in [0.1, 0.15) is 0 Å². The van der Waals surface area contributed by atoms with Crippen LogP contribution in [0.25, 0.3) is 10.9 Å². The van der Waals surface area contributed by atoms with Crippen LogP contribution in [0.5, 0.6) is 0 Å². The number of benzene rings is 2. The summed E-state index contributed by atoms with van der Waals surface area (Å²) < 4.78 is 42.4. The van der Waals surface area contributed by atoms with Gasteiger partial charge in [0, 0.05) is 24.3 Å². The van der Waals surface area contributed by atoms with E-state index in [2.05, 4.69) is 4.57 Å². The van der Waals surface area contributed by atoms with E-state index in [9.17, 15) is 18.0 Å². The minimum atomic E-state index is -1.62. The second-order valence-electron chi connectivity index (χ2n) is 5.80. The van der Waals surface area contributed by atoms with E-state index in [-0.39, 0.29) is 0 Å². The van der Waals surface area contributed by atoms with Crippen molar-refractivity contribution in [2.24, 2.45) is 0 Å². The van der Waals surface area contributed by atoms with Gasteiger partial charge in [-0.2, -0.15) is 0 Å². The Hall–Kier alpha value is -2.76. The Bertz CT molecular complexity index is 964. The highest BCUT2D eigenvalue weighted by molar-refractivity contribution is 5.94. The predicted octanol–water partition coefficient (Wildman–Crippen LogP) is 3.71. The molecular formula is C18H13F3N2O. The van der Waals surface area contributed by atoms with Crippen molar-refractivity contribution in [2.45, 2.75) is 13.1 Å². The molecule has 0 aliphatic carbocycles. The van der Waals surface area contributed by atoms with E-state index in [1.165, 1.54) is 4.90 Å². The maximum Gasteiger partial charge on any atom is 0.257 e. The van der Waals surface area contributed by atoms with E-state index < -0.39 is 28.9 Å². The first-order valence-electron chi connectivity index (χ1n) is 7.56. The van der Waals surface area contributed by atoms with Gasteiger partial charge in [0.2, 0.25) is 0 Å². The number of halogens is 3. The SMILES string of the molecule is O=C(c1ccc(F)c(F)c1F)N1CCn2c(cc3ccccc32)C1. The first-order chi connectivity index (χ1) is 11.6. The van der Waals surface area contributed by atoms with Crippen molar-refractivity contribution >= 4 is 16.8 Å². The van der Waals surface area contributed by atoms with Crippen LogP contribution < -0.4 is 0 Å². The first kappa shape index (κ1) is 14.8. The number of carbonyl (C=O) groups excluding carboxylic acids is 1. The maximum absolute atomic E-state index is 13.9. The summed E-state index contributed by atoms with van der Waals surface area (Å²) in [4.78, 5) is 13.9. The fraction of sp³-hybridized carbons (Fsp3) is 0.167. The fourth-order valence-electron chi connectivity index (χ4n) is 3.19. The van der Waals surface area contributed by atoms with Gasteiger partial charge in [-0.05, 0) is 29.7 Å². The second-order valence-corrected chi connectivity index (χ2v) is 5.80. The monoisotopic (exact) mass is 330 g/mol. The third-order valence-corrected chi connectivity index (χ3v) is 4.40. The molecule has 1 aromatic heterocycles. The molecule has 0 saturated heterocycles. The average molecular weight is 330 g/mol. The summed E-state index contributed by atoms with van der Waals surface area (Å²) in [6, 6.07) is 11.6. The van der Waals surface area contributed by atoms with Crippen LogP contribution in [0, 0.1) is 17.5 Å². The number of para-hydroxylation sites is 1. The van der Waals surface area contributed by atoms with E-state index >= 15 is 0 Å². The zero-order valence-corrected chi connectivity index (χ0v) is 12.6. The lowest BCUT2D eigenvalue weighted by Gasteiger charge is -2.29. The second kappa shape index (κ2) is 5.40. The van der Waals surface area contributed by atoms with E-state index in [0.717, 1.165) is 28.7 Å². The van der Waals surface area contributed by atoms with E-state index in [0.29, 0.717) is 19.6 Å². The number of rotatable bonds is 1. The molecule has 0 bridgehead atoms. The molecule has 0 spiro atoms. The summed E-state index contributed by atoms with van der Waals surface area (Å²) in [6.45, 7) is 1.24. The molecule has 2 aromatic carbocycles. The maximum atomic E-state index is 13.9.